The van der Waals surface area contributed by atoms with Crippen molar-refractivity contribution in [3.05, 3.63) is 53.5 Å². The molecule has 0 aliphatic rings. The van der Waals surface area contributed by atoms with E-state index in [0.717, 1.165) is 0 Å². The number of aryl methyl sites for hydroxylation is 1. The van der Waals surface area contributed by atoms with Gasteiger partial charge in [0, 0.05) is 6.42 Å². The van der Waals surface area contributed by atoms with Gasteiger partial charge in [-0.05, 0) is 30.2 Å². The van der Waals surface area contributed by atoms with Crippen LogP contribution < -0.4 is 10.1 Å². The lowest BCUT2D eigenvalue weighted by atomic mass is 10.1. The van der Waals surface area contributed by atoms with Crippen molar-refractivity contribution >= 4 is 11.9 Å². The molecule has 0 aliphatic heterocycles. The number of carboxylic acids is 1. The van der Waals surface area contributed by atoms with E-state index in [1.807, 2.05) is 0 Å². The summed E-state index contributed by atoms with van der Waals surface area (Å²) in [6.45, 7) is -0.0210. The number of carbonyl (C=O) groups excluding carboxylic acids is 1. The van der Waals surface area contributed by atoms with Gasteiger partial charge in [-0.15, -0.1) is 13.2 Å². The number of rotatable bonds is 7. The maximum absolute atomic E-state index is 12.3. The number of alkyl halides is 3. The molecule has 0 radical (unpaired) electrons. The van der Waals surface area contributed by atoms with Crippen LogP contribution in [0.3, 0.4) is 0 Å². The predicted molar refractivity (Wildman–Crippen MR) is 79.0 cm³/mol. The molecule has 0 saturated heterocycles. The van der Waals surface area contributed by atoms with Gasteiger partial charge < -0.3 is 19.6 Å². The lowest BCUT2D eigenvalue weighted by Gasteiger charge is -2.13. The van der Waals surface area contributed by atoms with E-state index in [9.17, 15) is 22.8 Å². The summed E-state index contributed by atoms with van der Waals surface area (Å²) < 4.78 is 45.9. The van der Waals surface area contributed by atoms with Gasteiger partial charge in [-0.2, -0.15) is 0 Å². The first-order chi connectivity index (χ1) is 11.7. The van der Waals surface area contributed by atoms with Crippen molar-refractivity contribution < 1.29 is 37.0 Å². The average Bonchev–Trinajstić information content (AvgIpc) is 3.00. The van der Waals surface area contributed by atoms with Gasteiger partial charge in [0.2, 0.25) is 11.7 Å². The molecule has 2 aromatic rings. The van der Waals surface area contributed by atoms with Crippen LogP contribution in [-0.4, -0.2) is 23.3 Å². The van der Waals surface area contributed by atoms with Gasteiger partial charge in [0.05, 0.1) is 6.54 Å². The molecule has 0 atom stereocenters. The van der Waals surface area contributed by atoms with Crippen LogP contribution in [0.1, 0.15) is 28.3 Å². The number of nitrogens with one attached hydrogen (secondary N) is 1. The number of halogens is 3. The molecule has 0 fully saturated rings. The van der Waals surface area contributed by atoms with Gasteiger partial charge in [-0.3, -0.25) is 4.79 Å². The van der Waals surface area contributed by atoms with Gasteiger partial charge in [0.15, 0.2) is 0 Å². The molecule has 9 heteroatoms. The Morgan fingerprint density at radius 3 is 2.52 bits per heavy atom. The minimum Gasteiger partial charge on any atom is -0.475 e. The zero-order chi connectivity index (χ0) is 18.4. The van der Waals surface area contributed by atoms with Crippen molar-refractivity contribution in [3.8, 4) is 5.75 Å². The number of hydrogen-bond acceptors (Lipinski definition) is 4. The third-order valence-electron chi connectivity index (χ3n) is 3.15. The quantitative estimate of drug-likeness (QED) is 0.795. The predicted octanol–water partition coefficient (Wildman–Crippen LogP) is 3.13. The summed E-state index contributed by atoms with van der Waals surface area (Å²) in [6.07, 6.45) is -4.82. The third-order valence-corrected chi connectivity index (χ3v) is 3.15. The second-order valence-electron chi connectivity index (χ2n) is 5.00. The average molecular weight is 357 g/mol. The topological polar surface area (TPSA) is 88.8 Å². The van der Waals surface area contributed by atoms with E-state index in [2.05, 4.69) is 10.1 Å². The van der Waals surface area contributed by atoms with E-state index in [1.165, 1.54) is 30.3 Å². The molecule has 0 unspecified atom stereocenters. The maximum atomic E-state index is 12.3. The standard InChI is InChI=1S/C16H14F3NO5/c17-16(18,19)25-12-4-2-1-3-10(12)5-8-14(21)20-9-11-6-7-13(24-11)15(22)23/h1-4,6-7H,5,8-9H2,(H,20,21)(H,22,23). The van der Waals surface area contributed by atoms with Crippen molar-refractivity contribution in [2.24, 2.45) is 0 Å². The zero-order valence-corrected chi connectivity index (χ0v) is 12.8. The first-order valence-corrected chi connectivity index (χ1v) is 7.17. The molecule has 1 aromatic heterocycles. The molecule has 0 saturated carbocycles. The first-order valence-electron chi connectivity index (χ1n) is 7.17. The maximum Gasteiger partial charge on any atom is 0.573 e. The Balaban J connectivity index is 1.86. The van der Waals surface area contributed by atoms with Crippen LogP contribution in [0, 0.1) is 0 Å². The third kappa shape index (κ3) is 5.87. The van der Waals surface area contributed by atoms with Crippen LogP contribution in [0.4, 0.5) is 13.2 Å². The smallest absolute Gasteiger partial charge is 0.475 e. The highest BCUT2D eigenvalue weighted by Crippen LogP contribution is 2.26. The Bertz CT molecular complexity index is 754. The largest absolute Gasteiger partial charge is 0.573 e. The molecular formula is C16H14F3NO5. The number of benzene rings is 1. The van der Waals surface area contributed by atoms with E-state index in [-0.39, 0.29) is 42.2 Å². The Morgan fingerprint density at radius 1 is 1.16 bits per heavy atom. The fourth-order valence-electron chi connectivity index (χ4n) is 2.04. The summed E-state index contributed by atoms with van der Waals surface area (Å²) in [4.78, 5) is 22.5. The first kappa shape index (κ1) is 18.4. The molecule has 1 aromatic carbocycles. The van der Waals surface area contributed by atoms with Gasteiger partial charge >= 0.3 is 12.3 Å². The number of aromatic carboxylic acids is 1. The molecule has 0 bridgehead atoms. The Kier molecular flexibility index (Phi) is 5.68. The Morgan fingerprint density at radius 2 is 1.88 bits per heavy atom. The van der Waals surface area contributed by atoms with Crippen LogP contribution in [0.2, 0.25) is 0 Å². The van der Waals surface area contributed by atoms with E-state index >= 15 is 0 Å². The second kappa shape index (κ2) is 7.73. The molecule has 6 nitrogen and oxygen atoms in total. The van der Waals surface area contributed by atoms with Crippen LogP contribution in [-0.2, 0) is 17.8 Å². The monoisotopic (exact) mass is 357 g/mol. The van der Waals surface area contributed by atoms with Crippen LogP contribution in [0.15, 0.2) is 40.8 Å². The van der Waals surface area contributed by atoms with Crippen molar-refractivity contribution in [1.82, 2.24) is 5.32 Å². The molecule has 1 amide bonds. The molecule has 2 N–H and O–H groups in total. The molecule has 134 valence electrons. The SMILES string of the molecule is O=C(CCc1ccccc1OC(F)(F)F)NCc1ccc(C(=O)O)o1. The van der Waals surface area contributed by atoms with Crippen LogP contribution in [0.5, 0.6) is 5.75 Å². The van der Waals surface area contributed by atoms with Gasteiger partial charge in [0.25, 0.3) is 0 Å². The number of furan rings is 1. The fourth-order valence-corrected chi connectivity index (χ4v) is 2.04. The van der Waals surface area contributed by atoms with Gasteiger partial charge in [-0.1, -0.05) is 18.2 Å². The summed E-state index contributed by atoms with van der Waals surface area (Å²) in [5.41, 5.74) is 0.251. The van der Waals surface area contributed by atoms with E-state index in [0.29, 0.717) is 0 Å². The van der Waals surface area contributed by atoms with Crippen LogP contribution >= 0.6 is 0 Å². The Labute approximate surface area is 140 Å². The number of hydrogen-bond donors (Lipinski definition) is 2. The summed E-state index contributed by atoms with van der Waals surface area (Å²) in [6, 6.07) is 8.25. The fraction of sp³-hybridized carbons (Fsp3) is 0.250. The number of carbonyl (C=O) groups is 2. The lowest BCUT2D eigenvalue weighted by molar-refractivity contribution is -0.274. The molecule has 25 heavy (non-hydrogen) atoms. The molecule has 0 spiro atoms. The zero-order valence-electron chi connectivity index (χ0n) is 12.8. The normalized spacial score (nSPS) is 11.2. The summed E-state index contributed by atoms with van der Waals surface area (Å²) in [5.74, 6) is -1.98. The highest BCUT2D eigenvalue weighted by atomic mass is 19.4. The number of ether oxygens (including phenoxy) is 1. The number of amides is 1. The molecule has 0 aliphatic carbocycles. The highest BCUT2D eigenvalue weighted by Gasteiger charge is 2.31. The van der Waals surface area contributed by atoms with E-state index < -0.39 is 18.2 Å². The summed E-state index contributed by atoms with van der Waals surface area (Å²) in [7, 11) is 0. The second-order valence-corrected chi connectivity index (χ2v) is 5.00. The van der Waals surface area contributed by atoms with Gasteiger partial charge in [0.1, 0.15) is 11.5 Å². The summed E-state index contributed by atoms with van der Waals surface area (Å²) in [5, 5.41) is 11.2. The highest BCUT2D eigenvalue weighted by molar-refractivity contribution is 5.84. The number of carboxylic acid groups (broad SMARTS) is 1. The van der Waals surface area contributed by atoms with Crippen molar-refractivity contribution in [1.29, 1.82) is 0 Å². The van der Waals surface area contributed by atoms with Crippen molar-refractivity contribution in [2.75, 3.05) is 0 Å². The number of para-hydroxylation sites is 1. The summed E-state index contributed by atoms with van der Waals surface area (Å²) >= 11 is 0. The van der Waals surface area contributed by atoms with Gasteiger partial charge in [-0.25, -0.2) is 4.79 Å². The minimum atomic E-state index is -4.81. The van der Waals surface area contributed by atoms with Crippen molar-refractivity contribution in [2.45, 2.75) is 25.7 Å². The minimum absolute atomic E-state index is 0.0210. The lowest BCUT2D eigenvalue weighted by Crippen LogP contribution is -2.23. The van der Waals surface area contributed by atoms with E-state index in [1.54, 1.807) is 6.07 Å². The van der Waals surface area contributed by atoms with Crippen LogP contribution in [0.25, 0.3) is 0 Å². The molecular weight excluding hydrogens is 343 g/mol. The Hall–Kier alpha value is -2.97. The van der Waals surface area contributed by atoms with E-state index in [4.69, 9.17) is 9.52 Å². The van der Waals surface area contributed by atoms with Crippen molar-refractivity contribution in [3.63, 3.8) is 0 Å². The molecule has 1 heterocycles. The molecule has 2 rings (SSSR count).